The first kappa shape index (κ1) is 19.0. The molecule has 0 radical (unpaired) electrons. The van der Waals surface area contributed by atoms with Crippen molar-refractivity contribution in [1.82, 2.24) is 0 Å². The first-order valence-corrected chi connectivity index (χ1v) is 12.4. The number of alkyl halides is 3. The molecule has 0 aliphatic carbocycles. The topological polar surface area (TPSA) is 18.5 Å². The van der Waals surface area contributed by atoms with Gasteiger partial charge in [-0.3, -0.25) is 0 Å². The molecule has 26 heavy (non-hydrogen) atoms. The Hall–Kier alpha value is -1.79. The number of rotatable bonds is 6. The summed E-state index contributed by atoms with van der Waals surface area (Å²) >= 11 is -2.79. The van der Waals surface area contributed by atoms with E-state index in [1.54, 1.807) is 0 Å². The summed E-state index contributed by atoms with van der Waals surface area (Å²) in [6, 6.07) is 28.4. The van der Waals surface area contributed by atoms with E-state index in [2.05, 4.69) is 3.56 Å². The Morgan fingerprint density at radius 1 is 0.615 bits per heavy atom. The van der Waals surface area contributed by atoms with Gasteiger partial charge in [0.25, 0.3) is 0 Å². The summed E-state index contributed by atoms with van der Waals surface area (Å²) in [4.78, 5) is 0. The van der Waals surface area contributed by atoms with Crippen LogP contribution in [0, 0.1) is 0 Å². The maximum absolute atomic E-state index is 12.6. The first-order chi connectivity index (χ1) is 12.5. The van der Waals surface area contributed by atoms with Crippen molar-refractivity contribution < 1.29 is 37.8 Å². The molecule has 0 fully saturated rings. The summed E-state index contributed by atoms with van der Waals surface area (Å²) in [6.45, 7) is 0. The second-order valence-corrected chi connectivity index (χ2v) is 11.9. The molecular weight excluding hydrogens is 411 g/mol. The molecule has 0 N–H and O–H groups in total. The molecule has 7 heteroatoms. The van der Waals surface area contributed by atoms with Crippen LogP contribution in [0.2, 0.25) is 0 Å². The third-order valence-electron chi connectivity index (χ3n) is 4.04. The summed E-state index contributed by atoms with van der Waals surface area (Å²) in [7, 11) is -3.07. The van der Waals surface area contributed by atoms with Gasteiger partial charge in [0.2, 0.25) is 0 Å². The zero-order valence-electron chi connectivity index (χ0n) is 13.8. The van der Waals surface area contributed by atoms with Crippen LogP contribution in [0.5, 0.6) is 0 Å². The van der Waals surface area contributed by atoms with Crippen LogP contribution in [0.4, 0.5) is 13.2 Å². The average molecular weight is 426 g/mol. The van der Waals surface area contributed by atoms with E-state index < -0.39 is 32.5 Å². The van der Waals surface area contributed by atoms with Crippen LogP contribution in [0.1, 0.15) is 0 Å². The van der Waals surface area contributed by atoms with Crippen LogP contribution in [-0.4, -0.2) is 14.7 Å². The number of hydrogen-bond donors (Lipinski definition) is 0. The molecule has 0 aliphatic heterocycles. The Balaban J connectivity index is 2.15. The third-order valence-corrected chi connectivity index (χ3v) is 12.4. The van der Waals surface area contributed by atoms with E-state index in [9.17, 15) is 13.2 Å². The molecule has 130 valence electrons. The van der Waals surface area contributed by atoms with Gasteiger partial charge in [-0.15, -0.1) is 0 Å². The van der Waals surface area contributed by atoms with E-state index in [-0.39, 0.29) is 0 Å². The Kier molecular flexibility index (Phi) is 6.04. The van der Waals surface area contributed by atoms with Gasteiger partial charge in [-0.25, -0.2) is 0 Å². The normalized spacial score (nSPS) is 11.8. The molecule has 3 aromatic rings. The van der Waals surface area contributed by atoms with E-state index in [0.29, 0.717) is 0 Å². The van der Waals surface area contributed by atoms with E-state index in [0.717, 1.165) is 15.6 Å². The molecule has 0 unspecified atom stereocenters. The molecule has 0 aromatic heterocycles. The van der Waals surface area contributed by atoms with Crippen LogP contribution < -0.4 is 15.6 Å². The number of benzene rings is 3. The molecular formula is C19H15F3O2SiZn. The fraction of sp³-hybridized carbons (Fsp3) is 0.0526. The third kappa shape index (κ3) is 4.30. The van der Waals surface area contributed by atoms with Crippen molar-refractivity contribution in [3.8, 4) is 0 Å². The molecule has 0 heterocycles. The number of hydrogen-bond acceptors (Lipinski definition) is 2. The van der Waals surface area contributed by atoms with Crippen molar-refractivity contribution in [1.29, 1.82) is 0 Å². The summed E-state index contributed by atoms with van der Waals surface area (Å²) in [5, 5.41) is 2.69. The van der Waals surface area contributed by atoms with Gasteiger partial charge in [0.15, 0.2) is 0 Å². The van der Waals surface area contributed by atoms with Crippen LogP contribution in [0.3, 0.4) is 0 Å². The Morgan fingerprint density at radius 2 is 0.962 bits per heavy atom. The van der Waals surface area contributed by atoms with Gasteiger partial charge >= 0.3 is 159 Å². The molecule has 0 bridgehead atoms. The van der Waals surface area contributed by atoms with E-state index in [4.69, 9.17) is 3.25 Å². The van der Waals surface area contributed by atoms with Crippen molar-refractivity contribution in [2.75, 3.05) is 0 Å². The van der Waals surface area contributed by atoms with Gasteiger partial charge in [-0.1, -0.05) is 0 Å². The van der Waals surface area contributed by atoms with Crippen LogP contribution in [0.15, 0.2) is 91.0 Å². The van der Waals surface area contributed by atoms with Gasteiger partial charge in [0.05, 0.1) is 0 Å². The summed E-state index contributed by atoms with van der Waals surface area (Å²) < 4.78 is 48.1. The molecule has 0 aliphatic rings. The Bertz CT molecular complexity index is 718. The minimum atomic E-state index is -4.66. The monoisotopic (exact) mass is 424 g/mol. The van der Waals surface area contributed by atoms with Crippen LogP contribution in [0.25, 0.3) is 0 Å². The molecule has 3 aromatic carbocycles. The zero-order chi connectivity index (χ0) is 18.5. The predicted molar refractivity (Wildman–Crippen MR) is 92.2 cm³/mol. The minimum absolute atomic E-state index is 0.897. The SMILES string of the molecule is FC(F)(F)[O][Zn][O][Si](c1ccccc1)(c1ccccc1)c1ccccc1. The van der Waals surface area contributed by atoms with Crippen molar-refractivity contribution in [3.63, 3.8) is 0 Å². The summed E-state index contributed by atoms with van der Waals surface area (Å²) in [5.41, 5.74) is 0. The summed E-state index contributed by atoms with van der Waals surface area (Å²) in [6.07, 6.45) is -4.66. The van der Waals surface area contributed by atoms with E-state index >= 15 is 0 Å². The molecule has 2 nitrogen and oxygen atoms in total. The van der Waals surface area contributed by atoms with E-state index in [1.165, 1.54) is 0 Å². The Labute approximate surface area is 159 Å². The quantitative estimate of drug-likeness (QED) is 0.446. The fourth-order valence-electron chi connectivity index (χ4n) is 2.95. The van der Waals surface area contributed by atoms with Gasteiger partial charge in [0.1, 0.15) is 0 Å². The Morgan fingerprint density at radius 3 is 1.27 bits per heavy atom. The van der Waals surface area contributed by atoms with Gasteiger partial charge in [-0.2, -0.15) is 0 Å². The molecule has 0 saturated heterocycles. The molecule has 0 spiro atoms. The van der Waals surface area contributed by atoms with Crippen molar-refractivity contribution in [3.05, 3.63) is 91.0 Å². The number of halogens is 3. The first-order valence-electron chi connectivity index (χ1n) is 8.03. The van der Waals surface area contributed by atoms with Gasteiger partial charge in [0, 0.05) is 0 Å². The van der Waals surface area contributed by atoms with Gasteiger partial charge in [-0.05, 0) is 0 Å². The fourth-order valence-corrected chi connectivity index (χ4v) is 11.6. The maximum atomic E-state index is 12.6. The molecule has 3 rings (SSSR count). The average Bonchev–Trinajstić information content (AvgIpc) is 2.67. The van der Waals surface area contributed by atoms with Crippen LogP contribution >= 0.6 is 0 Å². The summed E-state index contributed by atoms with van der Waals surface area (Å²) in [5.74, 6) is 0. The van der Waals surface area contributed by atoms with Crippen LogP contribution in [-0.2, 0) is 24.7 Å². The predicted octanol–water partition coefficient (Wildman–Crippen LogP) is 3.12. The van der Waals surface area contributed by atoms with E-state index in [1.807, 2.05) is 91.0 Å². The van der Waals surface area contributed by atoms with Crippen molar-refractivity contribution in [2.24, 2.45) is 0 Å². The second-order valence-electron chi connectivity index (χ2n) is 5.63. The van der Waals surface area contributed by atoms with Crippen molar-refractivity contribution >= 4 is 23.9 Å². The van der Waals surface area contributed by atoms with Gasteiger partial charge < -0.3 is 0 Å². The molecule has 0 saturated carbocycles. The molecule has 0 atom stereocenters. The zero-order valence-corrected chi connectivity index (χ0v) is 17.8. The molecule has 0 amide bonds. The second kappa shape index (κ2) is 8.27. The standard InChI is InChI=1S/C18H15OSi.CF3O.Zn/c19-20(16-10-4-1-5-11-16,17-12-6-2-7-13-17)18-14-8-3-9-15-18;2-1(3,4)5;/h1-15H;;/q2*-1;+2. The van der Waals surface area contributed by atoms with Crippen molar-refractivity contribution in [2.45, 2.75) is 6.36 Å².